The van der Waals surface area contributed by atoms with Gasteiger partial charge in [-0.25, -0.2) is 13.1 Å². The van der Waals surface area contributed by atoms with Crippen LogP contribution in [0.3, 0.4) is 0 Å². The van der Waals surface area contributed by atoms with Crippen molar-refractivity contribution in [3.8, 4) is 0 Å². The van der Waals surface area contributed by atoms with Gasteiger partial charge in [-0.2, -0.15) is 0 Å². The zero-order chi connectivity index (χ0) is 14.8. The second-order valence-corrected chi connectivity index (χ2v) is 6.77. The van der Waals surface area contributed by atoms with E-state index in [1.165, 1.54) is 0 Å². The first-order valence-electron chi connectivity index (χ1n) is 6.41. The van der Waals surface area contributed by atoms with Gasteiger partial charge < -0.3 is 10.4 Å². The van der Waals surface area contributed by atoms with E-state index in [0.29, 0.717) is 19.5 Å². The number of carbonyl (C=O) groups is 1. The normalized spacial score (nSPS) is 23.4. The minimum absolute atomic E-state index is 0.195. The molecule has 2 unspecified atom stereocenters. The van der Waals surface area contributed by atoms with Crippen molar-refractivity contribution in [2.45, 2.75) is 24.3 Å². The number of rotatable bonds is 4. The number of piperidine rings is 1. The third kappa shape index (κ3) is 3.56. The van der Waals surface area contributed by atoms with E-state index in [1.54, 1.807) is 24.3 Å². The van der Waals surface area contributed by atoms with E-state index in [0.717, 1.165) is 5.56 Å². The van der Waals surface area contributed by atoms with Gasteiger partial charge in [-0.05, 0) is 25.5 Å². The Morgan fingerprint density at radius 3 is 2.55 bits per heavy atom. The van der Waals surface area contributed by atoms with Crippen LogP contribution in [0.5, 0.6) is 0 Å². The third-order valence-electron chi connectivity index (χ3n) is 3.35. The molecular weight excluding hydrogens is 280 g/mol. The molecule has 2 rings (SSSR count). The zero-order valence-electron chi connectivity index (χ0n) is 11.2. The zero-order valence-corrected chi connectivity index (χ0v) is 12.0. The summed E-state index contributed by atoms with van der Waals surface area (Å²) in [6.45, 7) is 2.69. The predicted octanol–water partition coefficient (Wildman–Crippen LogP) is 0.336. The lowest BCUT2D eigenvalue weighted by Gasteiger charge is -2.28. The molecule has 0 bridgehead atoms. The van der Waals surface area contributed by atoms with Gasteiger partial charge >= 0.3 is 5.97 Å². The molecule has 1 aromatic rings. The number of hydrogen-bond donors (Lipinski definition) is 3. The largest absolute Gasteiger partial charge is 0.481 e. The fourth-order valence-corrected chi connectivity index (χ4v) is 3.47. The molecule has 7 heteroatoms. The highest BCUT2D eigenvalue weighted by atomic mass is 32.2. The topological polar surface area (TPSA) is 95.5 Å². The highest BCUT2D eigenvalue weighted by Crippen LogP contribution is 2.15. The van der Waals surface area contributed by atoms with Gasteiger partial charge in [-0.1, -0.05) is 17.7 Å². The Morgan fingerprint density at radius 2 is 1.95 bits per heavy atom. The Morgan fingerprint density at radius 1 is 1.30 bits per heavy atom. The number of sulfonamides is 1. The summed E-state index contributed by atoms with van der Waals surface area (Å²) in [5.41, 5.74) is 0.981. The fraction of sp³-hybridized carbons (Fsp3) is 0.462. The Bertz CT molecular complexity index is 583. The number of benzene rings is 1. The van der Waals surface area contributed by atoms with Crippen LogP contribution in [0, 0.1) is 12.8 Å². The first kappa shape index (κ1) is 15.0. The standard InChI is InChI=1S/C13H18N2O4S/c1-9-2-4-12(5-3-9)20(18,19)15-11-6-10(13(16)17)7-14-8-11/h2-5,10-11,14-15H,6-8H2,1H3,(H,16,17). The minimum Gasteiger partial charge on any atom is -0.481 e. The molecule has 3 N–H and O–H groups in total. The molecule has 110 valence electrons. The summed E-state index contributed by atoms with van der Waals surface area (Å²) in [6.07, 6.45) is 0.299. The smallest absolute Gasteiger partial charge is 0.307 e. The molecule has 1 aromatic carbocycles. The van der Waals surface area contributed by atoms with Crippen LogP contribution in [0.4, 0.5) is 0 Å². The molecule has 0 amide bonds. The molecule has 1 heterocycles. The summed E-state index contributed by atoms with van der Waals surface area (Å²) in [4.78, 5) is 11.2. The van der Waals surface area contributed by atoms with Crippen LogP contribution in [0.1, 0.15) is 12.0 Å². The summed E-state index contributed by atoms with van der Waals surface area (Å²) in [5.74, 6) is -1.47. The molecule has 1 saturated heterocycles. The van der Waals surface area contributed by atoms with Crippen LogP contribution < -0.4 is 10.0 Å². The highest BCUT2D eigenvalue weighted by Gasteiger charge is 2.29. The van der Waals surface area contributed by atoms with Gasteiger partial charge in [0.25, 0.3) is 0 Å². The molecule has 0 aliphatic carbocycles. The van der Waals surface area contributed by atoms with Crippen molar-refractivity contribution in [2.75, 3.05) is 13.1 Å². The Labute approximate surface area is 118 Å². The summed E-state index contributed by atoms with van der Waals surface area (Å²) in [6, 6.07) is 6.14. The van der Waals surface area contributed by atoms with Crippen molar-refractivity contribution in [1.29, 1.82) is 0 Å². The summed E-state index contributed by atoms with van der Waals surface area (Å²) in [7, 11) is -3.61. The molecule has 2 atom stereocenters. The lowest BCUT2D eigenvalue weighted by atomic mass is 9.97. The van der Waals surface area contributed by atoms with Gasteiger partial charge in [0.15, 0.2) is 0 Å². The fourth-order valence-electron chi connectivity index (χ4n) is 2.22. The van der Waals surface area contributed by atoms with Gasteiger partial charge in [0.1, 0.15) is 0 Å². The molecule has 0 radical (unpaired) electrons. The molecule has 1 aliphatic rings. The van der Waals surface area contributed by atoms with Gasteiger partial charge in [0.2, 0.25) is 10.0 Å². The van der Waals surface area contributed by atoms with Gasteiger partial charge in [-0.15, -0.1) is 0 Å². The van der Waals surface area contributed by atoms with Crippen LogP contribution in [0.15, 0.2) is 29.2 Å². The molecular formula is C13H18N2O4S. The van der Waals surface area contributed by atoms with Crippen LogP contribution in [-0.2, 0) is 14.8 Å². The number of carboxylic acids is 1. The molecule has 1 fully saturated rings. The van der Waals surface area contributed by atoms with E-state index in [4.69, 9.17) is 5.11 Å². The lowest BCUT2D eigenvalue weighted by molar-refractivity contribution is -0.142. The number of nitrogens with one attached hydrogen (secondary N) is 2. The van der Waals surface area contributed by atoms with E-state index in [1.807, 2.05) is 6.92 Å². The first-order valence-corrected chi connectivity index (χ1v) is 7.89. The van der Waals surface area contributed by atoms with Crippen molar-refractivity contribution >= 4 is 16.0 Å². The number of hydrogen-bond acceptors (Lipinski definition) is 4. The molecule has 20 heavy (non-hydrogen) atoms. The molecule has 6 nitrogen and oxygen atoms in total. The van der Waals surface area contributed by atoms with Crippen LogP contribution >= 0.6 is 0 Å². The number of carboxylic acid groups (broad SMARTS) is 1. The molecule has 0 spiro atoms. The summed E-state index contributed by atoms with van der Waals surface area (Å²) < 4.78 is 27.0. The monoisotopic (exact) mass is 298 g/mol. The van der Waals surface area contributed by atoms with E-state index in [2.05, 4.69) is 10.0 Å². The number of aryl methyl sites for hydroxylation is 1. The van der Waals surface area contributed by atoms with Crippen LogP contribution in [0.2, 0.25) is 0 Å². The third-order valence-corrected chi connectivity index (χ3v) is 4.89. The van der Waals surface area contributed by atoms with Gasteiger partial charge in [-0.3, -0.25) is 4.79 Å². The van der Waals surface area contributed by atoms with E-state index < -0.39 is 28.0 Å². The predicted molar refractivity (Wildman–Crippen MR) is 73.9 cm³/mol. The maximum Gasteiger partial charge on any atom is 0.307 e. The number of aliphatic carboxylic acids is 1. The van der Waals surface area contributed by atoms with E-state index in [-0.39, 0.29) is 4.90 Å². The van der Waals surface area contributed by atoms with Crippen molar-refractivity contribution in [1.82, 2.24) is 10.0 Å². The van der Waals surface area contributed by atoms with E-state index in [9.17, 15) is 13.2 Å². The van der Waals surface area contributed by atoms with E-state index >= 15 is 0 Å². The van der Waals surface area contributed by atoms with Crippen molar-refractivity contribution < 1.29 is 18.3 Å². The van der Waals surface area contributed by atoms with Crippen molar-refractivity contribution in [3.63, 3.8) is 0 Å². The summed E-state index contributed by atoms with van der Waals surface area (Å²) >= 11 is 0. The molecule has 1 aliphatic heterocycles. The Kier molecular flexibility index (Phi) is 4.42. The first-order chi connectivity index (χ1) is 9.38. The SMILES string of the molecule is Cc1ccc(S(=O)(=O)NC2CNCC(C(=O)O)C2)cc1. The van der Waals surface area contributed by atoms with Crippen LogP contribution in [0.25, 0.3) is 0 Å². The Hall–Kier alpha value is -1.44. The van der Waals surface area contributed by atoms with Crippen LogP contribution in [-0.4, -0.2) is 38.6 Å². The van der Waals surface area contributed by atoms with Crippen molar-refractivity contribution in [3.05, 3.63) is 29.8 Å². The lowest BCUT2D eigenvalue weighted by Crippen LogP contribution is -2.50. The molecule has 0 saturated carbocycles. The average molecular weight is 298 g/mol. The average Bonchev–Trinajstić information content (AvgIpc) is 2.39. The summed E-state index contributed by atoms with van der Waals surface area (Å²) in [5, 5.41) is 11.9. The maximum absolute atomic E-state index is 12.2. The highest BCUT2D eigenvalue weighted by molar-refractivity contribution is 7.89. The Balaban J connectivity index is 2.08. The molecule has 0 aromatic heterocycles. The second-order valence-electron chi connectivity index (χ2n) is 5.06. The second kappa shape index (κ2) is 5.90. The quantitative estimate of drug-likeness (QED) is 0.745. The van der Waals surface area contributed by atoms with Gasteiger partial charge in [0, 0.05) is 19.1 Å². The maximum atomic E-state index is 12.2. The van der Waals surface area contributed by atoms with Crippen molar-refractivity contribution in [2.24, 2.45) is 5.92 Å². The van der Waals surface area contributed by atoms with Gasteiger partial charge in [0.05, 0.1) is 10.8 Å². The minimum atomic E-state index is -3.61.